The van der Waals surface area contributed by atoms with Gasteiger partial charge in [-0.05, 0) is 51.8 Å². The van der Waals surface area contributed by atoms with E-state index in [4.69, 9.17) is 0 Å². The van der Waals surface area contributed by atoms with Crippen LogP contribution in [-0.4, -0.2) is 41.1 Å². The minimum atomic E-state index is -0.309. The van der Waals surface area contributed by atoms with Crippen LogP contribution >= 0.6 is 0 Å². The maximum Gasteiger partial charge on any atom is 0.238 e. The van der Waals surface area contributed by atoms with Crippen molar-refractivity contribution < 1.29 is 9.90 Å². The van der Waals surface area contributed by atoms with Crippen LogP contribution < -0.4 is 5.32 Å². The van der Waals surface area contributed by atoms with E-state index in [1.807, 2.05) is 38.1 Å². The van der Waals surface area contributed by atoms with Crippen LogP contribution in [0.3, 0.4) is 0 Å². The minimum absolute atomic E-state index is 0.0244. The van der Waals surface area contributed by atoms with Gasteiger partial charge in [0.1, 0.15) is 0 Å². The number of aliphatic hydroxyl groups is 1. The Hall–Kier alpha value is -1.39. The number of likely N-dealkylation sites (tertiary alicyclic amines) is 1. The normalized spacial score (nSPS) is 21.0. The molecule has 0 aromatic heterocycles. The molecule has 0 spiro atoms. The highest BCUT2D eigenvalue weighted by molar-refractivity contribution is 5.92. The van der Waals surface area contributed by atoms with Gasteiger partial charge in [0, 0.05) is 11.7 Å². The predicted octanol–water partition coefficient (Wildman–Crippen LogP) is 2.56. The molecule has 1 aromatic carbocycles. The number of carbonyl (C=O) groups is 1. The fourth-order valence-corrected chi connectivity index (χ4v) is 2.95. The van der Waals surface area contributed by atoms with Crippen molar-refractivity contribution in [3.8, 4) is 0 Å². The Balaban J connectivity index is 1.89. The molecule has 116 valence electrons. The molecule has 1 aromatic rings. The van der Waals surface area contributed by atoms with Crippen LogP contribution in [0.2, 0.25) is 0 Å². The number of aliphatic hydroxyl groups excluding tert-OH is 1. The van der Waals surface area contributed by atoms with Gasteiger partial charge >= 0.3 is 0 Å². The fourth-order valence-electron chi connectivity index (χ4n) is 2.95. The number of piperidine rings is 1. The second-order valence-corrected chi connectivity index (χ2v) is 6.12. The zero-order chi connectivity index (χ0) is 15.2. The van der Waals surface area contributed by atoms with Gasteiger partial charge in [-0.1, -0.05) is 24.1 Å². The number of anilines is 1. The number of amides is 1. The van der Waals surface area contributed by atoms with Gasteiger partial charge in [-0.2, -0.15) is 0 Å². The third-order valence-electron chi connectivity index (χ3n) is 4.04. The summed E-state index contributed by atoms with van der Waals surface area (Å²) in [7, 11) is 0. The van der Waals surface area contributed by atoms with E-state index in [1.165, 1.54) is 12.0 Å². The Morgan fingerprint density at radius 1 is 1.38 bits per heavy atom. The SMILES string of the molecule is Cc1ccc(NC(=O)CN2CCCCC2CC(C)O)cc1. The molecular formula is C17H26N2O2. The molecule has 2 atom stereocenters. The zero-order valence-electron chi connectivity index (χ0n) is 13.0. The smallest absolute Gasteiger partial charge is 0.238 e. The van der Waals surface area contributed by atoms with Crippen molar-refractivity contribution in [2.75, 3.05) is 18.4 Å². The Kier molecular flexibility index (Phi) is 5.76. The summed E-state index contributed by atoms with van der Waals surface area (Å²) in [5.41, 5.74) is 2.02. The summed E-state index contributed by atoms with van der Waals surface area (Å²) in [6.07, 6.45) is 3.83. The molecule has 2 rings (SSSR count). The summed E-state index contributed by atoms with van der Waals surface area (Å²) in [5, 5.41) is 12.5. The van der Waals surface area contributed by atoms with Crippen molar-refractivity contribution >= 4 is 11.6 Å². The maximum absolute atomic E-state index is 12.2. The van der Waals surface area contributed by atoms with E-state index in [-0.39, 0.29) is 12.0 Å². The van der Waals surface area contributed by atoms with Gasteiger partial charge in [0.25, 0.3) is 0 Å². The maximum atomic E-state index is 12.2. The quantitative estimate of drug-likeness (QED) is 0.876. The van der Waals surface area contributed by atoms with E-state index in [0.29, 0.717) is 12.6 Å². The molecule has 1 aliphatic rings. The first-order valence-corrected chi connectivity index (χ1v) is 7.83. The Morgan fingerprint density at radius 2 is 2.10 bits per heavy atom. The predicted molar refractivity (Wildman–Crippen MR) is 85.3 cm³/mol. The average molecular weight is 290 g/mol. The monoisotopic (exact) mass is 290 g/mol. The van der Waals surface area contributed by atoms with Crippen LogP contribution in [0.4, 0.5) is 5.69 Å². The Labute approximate surface area is 127 Å². The molecule has 1 fully saturated rings. The standard InChI is InChI=1S/C17H26N2O2/c1-13-6-8-15(9-7-13)18-17(21)12-19-10-4-3-5-16(19)11-14(2)20/h6-9,14,16,20H,3-5,10-12H2,1-2H3,(H,18,21). The number of carbonyl (C=O) groups excluding carboxylic acids is 1. The molecule has 0 saturated carbocycles. The van der Waals surface area contributed by atoms with E-state index < -0.39 is 0 Å². The van der Waals surface area contributed by atoms with Gasteiger partial charge in [0.2, 0.25) is 5.91 Å². The molecule has 0 radical (unpaired) electrons. The number of nitrogens with zero attached hydrogens (tertiary/aromatic N) is 1. The highest BCUT2D eigenvalue weighted by atomic mass is 16.3. The van der Waals surface area contributed by atoms with Gasteiger partial charge in [0.15, 0.2) is 0 Å². The molecule has 0 aliphatic carbocycles. The summed E-state index contributed by atoms with van der Waals surface area (Å²) < 4.78 is 0. The summed E-state index contributed by atoms with van der Waals surface area (Å²) in [6.45, 7) is 5.20. The summed E-state index contributed by atoms with van der Waals surface area (Å²) in [5.74, 6) is 0.0244. The van der Waals surface area contributed by atoms with Gasteiger partial charge < -0.3 is 10.4 Å². The van der Waals surface area contributed by atoms with Gasteiger partial charge in [-0.15, -0.1) is 0 Å². The number of hydrogen-bond acceptors (Lipinski definition) is 3. The van der Waals surface area contributed by atoms with Crippen LogP contribution in [0.5, 0.6) is 0 Å². The number of hydrogen-bond donors (Lipinski definition) is 2. The minimum Gasteiger partial charge on any atom is -0.393 e. The lowest BCUT2D eigenvalue weighted by Crippen LogP contribution is -2.45. The van der Waals surface area contributed by atoms with Crippen molar-refractivity contribution in [3.05, 3.63) is 29.8 Å². The average Bonchev–Trinajstić information content (AvgIpc) is 2.43. The lowest BCUT2D eigenvalue weighted by Gasteiger charge is -2.35. The molecule has 1 amide bonds. The van der Waals surface area contributed by atoms with Gasteiger partial charge in [-0.3, -0.25) is 9.69 Å². The molecule has 1 heterocycles. The summed E-state index contributed by atoms with van der Waals surface area (Å²) in [6, 6.07) is 8.16. The van der Waals surface area contributed by atoms with Crippen LogP contribution in [0, 0.1) is 6.92 Å². The first-order valence-electron chi connectivity index (χ1n) is 7.83. The third-order valence-corrected chi connectivity index (χ3v) is 4.04. The largest absolute Gasteiger partial charge is 0.393 e. The molecule has 21 heavy (non-hydrogen) atoms. The number of nitrogens with one attached hydrogen (secondary N) is 1. The van der Waals surface area contributed by atoms with Crippen molar-refractivity contribution in [2.45, 2.75) is 51.7 Å². The molecule has 1 saturated heterocycles. The van der Waals surface area contributed by atoms with Crippen LogP contribution in [-0.2, 0) is 4.79 Å². The van der Waals surface area contributed by atoms with Crippen LogP contribution in [0.15, 0.2) is 24.3 Å². The van der Waals surface area contributed by atoms with Crippen molar-refractivity contribution in [3.63, 3.8) is 0 Å². The molecule has 4 nitrogen and oxygen atoms in total. The van der Waals surface area contributed by atoms with E-state index in [0.717, 1.165) is 31.5 Å². The molecule has 0 bridgehead atoms. The second-order valence-electron chi connectivity index (χ2n) is 6.12. The zero-order valence-corrected chi connectivity index (χ0v) is 13.0. The number of aryl methyl sites for hydroxylation is 1. The summed E-state index contributed by atoms with van der Waals surface area (Å²) in [4.78, 5) is 14.4. The van der Waals surface area contributed by atoms with Crippen LogP contribution in [0.25, 0.3) is 0 Å². The van der Waals surface area contributed by atoms with E-state index in [1.54, 1.807) is 0 Å². The third kappa shape index (κ3) is 5.14. The van der Waals surface area contributed by atoms with Gasteiger partial charge in [-0.25, -0.2) is 0 Å². The number of rotatable bonds is 5. The van der Waals surface area contributed by atoms with E-state index >= 15 is 0 Å². The first kappa shape index (κ1) is 16.0. The fraction of sp³-hybridized carbons (Fsp3) is 0.588. The van der Waals surface area contributed by atoms with Gasteiger partial charge in [0.05, 0.1) is 12.6 Å². The Morgan fingerprint density at radius 3 is 2.76 bits per heavy atom. The van der Waals surface area contributed by atoms with E-state index in [9.17, 15) is 9.90 Å². The van der Waals surface area contributed by atoms with Crippen molar-refractivity contribution in [1.29, 1.82) is 0 Å². The molecular weight excluding hydrogens is 264 g/mol. The molecule has 2 unspecified atom stereocenters. The van der Waals surface area contributed by atoms with Crippen molar-refractivity contribution in [2.24, 2.45) is 0 Å². The topological polar surface area (TPSA) is 52.6 Å². The highest BCUT2D eigenvalue weighted by Crippen LogP contribution is 2.21. The number of benzene rings is 1. The second kappa shape index (κ2) is 7.57. The summed E-state index contributed by atoms with van der Waals surface area (Å²) >= 11 is 0. The highest BCUT2D eigenvalue weighted by Gasteiger charge is 2.25. The van der Waals surface area contributed by atoms with Crippen molar-refractivity contribution in [1.82, 2.24) is 4.90 Å². The lowest BCUT2D eigenvalue weighted by atomic mass is 9.97. The van der Waals surface area contributed by atoms with E-state index in [2.05, 4.69) is 10.2 Å². The first-order chi connectivity index (χ1) is 10.0. The Bertz CT molecular complexity index is 456. The molecule has 2 N–H and O–H groups in total. The van der Waals surface area contributed by atoms with Crippen LogP contribution in [0.1, 0.15) is 38.2 Å². The lowest BCUT2D eigenvalue weighted by molar-refractivity contribution is -0.118. The molecule has 4 heteroatoms. The molecule has 1 aliphatic heterocycles.